The fraction of sp³-hybridized carbons (Fsp3) is 0.269. The van der Waals surface area contributed by atoms with Gasteiger partial charge in [-0.1, -0.05) is 12.1 Å². The van der Waals surface area contributed by atoms with Crippen molar-refractivity contribution in [3.63, 3.8) is 0 Å². The number of piperazine rings is 1. The Balaban J connectivity index is 1.43. The van der Waals surface area contributed by atoms with E-state index >= 15 is 0 Å². The fourth-order valence-electron chi connectivity index (χ4n) is 4.44. The summed E-state index contributed by atoms with van der Waals surface area (Å²) in [5, 5.41) is 3.73. The summed E-state index contributed by atoms with van der Waals surface area (Å²) in [4.78, 5) is 25.4. The van der Waals surface area contributed by atoms with Crippen molar-refractivity contribution in [1.29, 1.82) is 0 Å². The Morgan fingerprint density at radius 2 is 1.97 bits per heavy atom. The van der Waals surface area contributed by atoms with E-state index in [1.54, 1.807) is 18.2 Å². The van der Waals surface area contributed by atoms with Gasteiger partial charge in [-0.2, -0.15) is 4.98 Å². The minimum absolute atomic E-state index is 0.00348. The summed E-state index contributed by atoms with van der Waals surface area (Å²) in [7, 11) is 3.67. The molecule has 3 N–H and O–H groups in total. The lowest BCUT2D eigenvalue weighted by atomic mass is 10.1. The SMILES string of the molecule is COc1ccc2c(c1)c(C(N)=O)cn2-c1nc(Nc2cccc(CN3CCN(C)CC3)c2)ncc1F. The molecule has 9 nitrogen and oxygen atoms in total. The van der Waals surface area contributed by atoms with Crippen LogP contribution in [0.15, 0.2) is 54.9 Å². The maximum absolute atomic E-state index is 14.9. The molecule has 1 aliphatic rings. The number of nitrogens with zero attached hydrogens (tertiary/aromatic N) is 5. The number of primary amides is 1. The smallest absolute Gasteiger partial charge is 0.250 e. The van der Waals surface area contributed by atoms with Crippen molar-refractivity contribution in [3.05, 3.63) is 71.8 Å². The van der Waals surface area contributed by atoms with Crippen LogP contribution >= 0.6 is 0 Å². The number of benzene rings is 2. The molecule has 186 valence electrons. The van der Waals surface area contributed by atoms with Crippen molar-refractivity contribution in [2.24, 2.45) is 5.73 Å². The Labute approximate surface area is 208 Å². The molecule has 2 aromatic heterocycles. The topological polar surface area (TPSA) is 102 Å². The average Bonchev–Trinajstić information content (AvgIpc) is 3.26. The number of nitrogens with two attached hydrogens (primary N) is 1. The van der Waals surface area contributed by atoms with Gasteiger partial charge in [-0.05, 0) is 42.9 Å². The fourth-order valence-corrected chi connectivity index (χ4v) is 4.44. The number of halogens is 1. The van der Waals surface area contributed by atoms with Crippen LogP contribution in [0.1, 0.15) is 15.9 Å². The molecule has 0 saturated carbocycles. The molecule has 1 saturated heterocycles. The number of hydrogen-bond donors (Lipinski definition) is 2. The highest BCUT2D eigenvalue weighted by molar-refractivity contribution is 6.07. The Hall–Kier alpha value is -4.02. The molecule has 10 heteroatoms. The molecule has 4 aromatic rings. The first kappa shape index (κ1) is 23.7. The van der Waals surface area contributed by atoms with E-state index in [0.717, 1.165) is 44.6 Å². The van der Waals surface area contributed by atoms with E-state index in [1.807, 2.05) is 18.2 Å². The van der Waals surface area contributed by atoms with E-state index in [1.165, 1.54) is 23.4 Å². The summed E-state index contributed by atoms with van der Waals surface area (Å²) in [5.74, 6) is -0.460. The Kier molecular flexibility index (Phi) is 6.53. The number of likely N-dealkylation sites (N-methyl/N-ethyl adjacent to an activating group) is 1. The number of fused-ring (bicyclic) bond motifs is 1. The first-order valence-corrected chi connectivity index (χ1v) is 11.7. The third-order valence-corrected chi connectivity index (χ3v) is 6.42. The lowest BCUT2D eigenvalue weighted by Gasteiger charge is -2.32. The van der Waals surface area contributed by atoms with Crippen LogP contribution in [0, 0.1) is 5.82 Å². The largest absolute Gasteiger partial charge is 0.497 e. The molecule has 5 rings (SSSR count). The highest BCUT2D eigenvalue weighted by Crippen LogP contribution is 2.29. The van der Waals surface area contributed by atoms with Crippen LogP contribution in [-0.4, -0.2) is 70.6 Å². The molecular weight excluding hydrogens is 461 g/mol. The van der Waals surface area contributed by atoms with Gasteiger partial charge in [0.15, 0.2) is 11.6 Å². The van der Waals surface area contributed by atoms with Crippen LogP contribution in [0.25, 0.3) is 16.7 Å². The van der Waals surface area contributed by atoms with E-state index in [9.17, 15) is 9.18 Å². The molecule has 0 aliphatic carbocycles. The minimum atomic E-state index is -0.631. The van der Waals surface area contributed by atoms with Crippen molar-refractivity contribution in [3.8, 4) is 11.6 Å². The van der Waals surface area contributed by atoms with Crippen LogP contribution in [0.5, 0.6) is 5.75 Å². The molecule has 0 unspecified atom stereocenters. The van der Waals surface area contributed by atoms with Gasteiger partial charge in [0, 0.05) is 50.0 Å². The number of rotatable bonds is 7. The van der Waals surface area contributed by atoms with Gasteiger partial charge < -0.3 is 20.7 Å². The quantitative estimate of drug-likeness (QED) is 0.411. The number of hydrogen-bond acceptors (Lipinski definition) is 7. The number of aromatic nitrogens is 3. The first-order chi connectivity index (χ1) is 17.4. The summed E-state index contributed by atoms with van der Waals surface area (Å²) in [6, 6.07) is 13.2. The lowest BCUT2D eigenvalue weighted by Crippen LogP contribution is -2.43. The summed E-state index contributed by atoms with van der Waals surface area (Å²) >= 11 is 0. The van der Waals surface area contributed by atoms with Crippen LogP contribution in [0.3, 0.4) is 0 Å². The van der Waals surface area contributed by atoms with Crippen molar-refractivity contribution in [2.75, 3.05) is 45.7 Å². The molecule has 0 atom stereocenters. The normalized spacial score (nSPS) is 14.8. The van der Waals surface area contributed by atoms with Crippen LogP contribution in [-0.2, 0) is 6.54 Å². The number of carbonyl (C=O) groups excluding carboxylic acids is 1. The molecule has 2 aromatic carbocycles. The van der Waals surface area contributed by atoms with Gasteiger partial charge in [0.1, 0.15) is 5.75 Å². The van der Waals surface area contributed by atoms with Gasteiger partial charge in [0.25, 0.3) is 5.91 Å². The second-order valence-corrected chi connectivity index (χ2v) is 8.93. The number of methoxy groups -OCH3 is 1. The summed E-state index contributed by atoms with van der Waals surface area (Å²) in [6.07, 6.45) is 2.59. The van der Waals surface area contributed by atoms with Crippen molar-refractivity contribution < 1.29 is 13.9 Å². The molecular formula is C26H28FN7O2. The maximum atomic E-state index is 14.9. The zero-order chi connectivity index (χ0) is 25.2. The van der Waals surface area contributed by atoms with Crippen LogP contribution < -0.4 is 15.8 Å². The predicted octanol–water partition coefficient (Wildman–Crippen LogP) is 3.16. The number of anilines is 2. The third kappa shape index (κ3) is 4.86. The summed E-state index contributed by atoms with van der Waals surface area (Å²) < 4.78 is 21.7. The lowest BCUT2D eigenvalue weighted by molar-refractivity contribution is 0.100. The molecule has 0 spiro atoms. The van der Waals surface area contributed by atoms with E-state index in [0.29, 0.717) is 16.7 Å². The van der Waals surface area contributed by atoms with Crippen molar-refractivity contribution in [1.82, 2.24) is 24.3 Å². The zero-order valence-corrected chi connectivity index (χ0v) is 20.2. The Morgan fingerprint density at radius 1 is 1.17 bits per heavy atom. The highest BCUT2D eigenvalue weighted by Gasteiger charge is 2.19. The first-order valence-electron chi connectivity index (χ1n) is 11.7. The number of ether oxygens (including phenoxy) is 1. The molecule has 1 fully saturated rings. The van der Waals surface area contributed by atoms with Gasteiger partial charge in [0.2, 0.25) is 5.95 Å². The van der Waals surface area contributed by atoms with Gasteiger partial charge in [-0.3, -0.25) is 14.3 Å². The maximum Gasteiger partial charge on any atom is 0.250 e. The molecule has 0 bridgehead atoms. The van der Waals surface area contributed by atoms with E-state index < -0.39 is 11.7 Å². The molecule has 0 radical (unpaired) electrons. The molecule has 3 heterocycles. The Morgan fingerprint density at radius 3 is 2.72 bits per heavy atom. The molecule has 1 amide bonds. The van der Waals surface area contributed by atoms with Crippen LogP contribution in [0.4, 0.5) is 16.0 Å². The highest BCUT2D eigenvalue weighted by atomic mass is 19.1. The van der Waals surface area contributed by atoms with Gasteiger partial charge in [-0.15, -0.1) is 0 Å². The second kappa shape index (κ2) is 9.92. The summed E-state index contributed by atoms with van der Waals surface area (Å²) in [6.45, 7) is 5.03. The van der Waals surface area contributed by atoms with E-state index in [2.05, 4.69) is 38.2 Å². The third-order valence-electron chi connectivity index (χ3n) is 6.42. The monoisotopic (exact) mass is 489 g/mol. The minimum Gasteiger partial charge on any atom is -0.497 e. The van der Waals surface area contributed by atoms with Crippen molar-refractivity contribution >= 4 is 28.4 Å². The van der Waals surface area contributed by atoms with Gasteiger partial charge in [-0.25, -0.2) is 9.37 Å². The predicted molar refractivity (Wildman–Crippen MR) is 136 cm³/mol. The Bertz CT molecular complexity index is 1410. The summed E-state index contributed by atoms with van der Waals surface area (Å²) in [5.41, 5.74) is 8.37. The van der Waals surface area contributed by atoms with Crippen LogP contribution in [0.2, 0.25) is 0 Å². The molecule has 36 heavy (non-hydrogen) atoms. The van der Waals surface area contributed by atoms with Gasteiger partial charge >= 0.3 is 0 Å². The number of nitrogens with one attached hydrogen (secondary N) is 1. The standard InChI is InChI=1S/C26H28FN7O2/c1-32-8-10-33(11-9-32)15-17-4-3-5-18(12-17)30-26-29-14-22(27)25(31-26)34-16-21(24(28)35)20-13-19(36-2)6-7-23(20)34/h3-7,12-14,16H,8-11,15H2,1-2H3,(H2,28,35)(H,29,30,31). The van der Waals surface area contributed by atoms with Crippen molar-refractivity contribution in [2.45, 2.75) is 6.54 Å². The van der Waals surface area contributed by atoms with Gasteiger partial charge in [0.05, 0.1) is 24.4 Å². The average molecular weight is 490 g/mol. The zero-order valence-electron chi connectivity index (χ0n) is 20.2. The molecule has 1 aliphatic heterocycles. The number of amides is 1. The van der Waals surface area contributed by atoms with E-state index in [-0.39, 0.29) is 17.3 Å². The second-order valence-electron chi connectivity index (χ2n) is 8.93. The van der Waals surface area contributed by atoms with E-state index in [4.69, 9.17) is 10.5 Å². The number of carbonyl (C=O) groups is 1.